The van der Waals surface area contributed by atoms with Gasteiger partial charge in [-0.2, -0.15) is 0 Å². The maximum absolute atomic E-state index is 12.0. The lowest BCUT2D eigenvalue weighted by Gasteiger charge is -2.11. The molecule has 24 heavy (non-hydrogen) atoms. The van der Waals surface area contributed by atoms with Gasteiger partial charge in [0.2, 0.25) is 11.8 Å². The van der Waals surface area contributed by atoms with Crippen LogP contribution in [-0.4, -0.2) is 16.9 Å². The van der Waals surface area contributed by atoms with E-state index in [2.05, 4.69) is 16.2 Å². The van der Waals surface area contributed by atoms with Crippen LogP contribution >= 0.6 is 12.2 Å². The molecule has 2 amide bonds. The second-order valence-electron chi connectivity index (χ2n) is 5.32. The summed E-state index contributed by atoms with van der Waals surface area (Å²) in [6.07, 6.45) is 0.458. The molecule has 2 aromatic carbocycles. The summed E-state index contributed by atoms with van der Waals surface area (Å²) in [7, 11) is 0. The van der Waals surface area contributed by atoms with Crippen LogP contribution < -0.4 is 16.2 Å². The van der Waals surface area contributed by atoms with Gasteiger partial charge in [-0.15, -0.1) is 0 Å². The zero-order valence-corrected chi connectivity index (χ0v) is 14.2. The van der Waals surface area contributed by atoms with Crippen LogP contribution in [-0.2, 0) is 22.4 Å². The Morgan fingerprint density at radius 2 is 1.54 bits per heavy atom. The fourth-order valence-corrected chi connectivity index (χ4v) is 2.30. The Morgan fingerprint density at radius 1 is 0.875 bits per heavy atom. The van der Waals surface area contributed by atoms with Crippen molar-refractivity contribution in [3.8, 4) is 0 Å². The molecule has 0 saturated heterocycles. The fourth-order valence-electron chi connectivity index (χ4n) is 2.14. The first kappa shape index (κ1) is 17.6. The van der Waals surface area contributed by atoms with Crippen LogP contribution in [0.4, 0.5) is 0 Å². The van der Waals surface area contributed by atoms with Crippen LogP contribution in [0, 0.1) is 6.92 Å². The second-order valence-corrected chi connectivity index (χ2v) is 5.72. The minimum absolute atomic E-state index is 0.0648. The van der Waals surface area contributed by atoms with Crippen molar-refractivity contribution in [1.29, 1.82) is 0 Å². The molecule has 124 valence electrons. The second kappa shape index (κ2) is 8.79. The van der Waals surface area contributed by atoms with Gasteiger partial charge in [0.1, 0.15) is 0 Å². The molecule has 6 heteroatoms. The number of thiocarbonyl (C=S) groups is 1. The van der Waals surface area contributed by atoms with E-state index in [1.54, 1.807) is 0 Å². The third-order valence-electron chi connectivity index (χ3n) is 3.39. The molecule has 0 aliphatic heterocycles. The van der Waals surface area contributed by atoms with Crippen molar-refractivity contribution in [1.82, 2.24) is 16.2 Å². The highest BCUT2D eigenvalue weighted by Crippen LogP contribution is 2.07. The largest absolute Gasteiger partial charge is 0.302 e. The number of amides is 2. The van der Waals surface area contributed by atoms with Gasteiger partial charge in [-0.1, -0.05) is 54.6 Å². The van der Waals surface area contributed by atoms with E-state index in [0.717, 1.165) is 16.7 Å². The molecular formula is C18H19N3O2S. The lowest BCUT2D eigenvalue weighted by atomic mass is 10.1. The van der Waals surface area contributed by atoms with Crippen molar-refractivity contribution < 1.29 is 9.59 Å². The van der Waals surface area contributed by atoms with E-state index in [0.29, 0.717) is 0 Å². The minimum Gasteiger partial charge on any atom is -0.302 e. The topological polar surface area (TPSA) is 70.2 Å². The maximum Gasteiger partial charge on any atom is 0.242 e. The summed E-state index contributed by atoms with van der Waals surface area (Å²) in [4.78, 5) is 23.8. The first-order valence-electron chi connectivity index (χ1n) is 7.51. The van der Waals surface area contributed by atoms with Gasteiger partial charge in [0.15, 0.2) is 5.11 Å². The van der Waals surface area contributed by atoms with Gasteiger partial charge in [0.25, 0.3) is 0 Å². The van der Waals surface area contributed by atoms with Crippen LogP contribution in [0.5, 0.6) is 0 Å². The van der Waals surface area contributed by atoms with E-state index in [9.17, 15) is 9.59 Å². The highest BCUT2D eigenvalue weighted by molar-refractivity contribution is 7.80. The van der Waals surface area contributed by atoms with E-state index in [-0.39, 0.29) is 29.8 Å². The molecule has 0 spiro atoms. The van der Waals surface area contributed by atoms with Crippen LogP contribution in [0.25, 0.3) is 0 Å². The van der Waals surface area contributed by atoms with Gasteiger partial charge in [-0.25, -0.2) is 0 Å². The predicted molar refractivity (Wildman–Crippen MR) is 97.0 cm³/mol. The number of carbonyl (C=O) groups excluding carboxylic acids is 2. The Balaban J connectivity index is 1.74. The predicted octanol–water partition coefficient (Wildman–Crippen LogP) is 1.80. The summed E-state index contributed by atoms with van der Waals surface area (Å²) in [5.41, 5.74) is 7.88. The summed E-state index contributed by atoms with van der Waals surface area (Å²) < 4.78 is 0. The zero-order valence-electron chi connectivity index (χ0n) is 13.3. The monoisotopic (exact) mass is 341 g/mol. The van der Waals surface area contributed by atoms with Crippen LogP contribution in [0.1, 0.15) is 16.7 Å². The Hall–Kier alpha value is -2.73. The SMILES string of the molecule is Cc1ccccc1CC(=O)NC(=S)NNC(=O)Cc1ccccc1. The molecule has 0 aromatic heterocycles. The Bertz CT molecular complexity index is 732. The molecule has 0 radical (unpaired) electrons. The van der Waals surface area contributed by atoms with Gasteiger partial charge in [-0.3, -0.25) is 20.4 Å². The molecule has 0 fully saturated rings. The van der Waals surface area contributed by atoms with E-state index in [4.69, 9.17) is 12.2 Å². The lowest BCUT2D eigenvalue weighted by molar-refractivity contribution is -0.121. The number of carbonyl (C=O) groups is 2. The molecular weight excluding hydrogens is 322 g/mol. The van der Waals surface area contributed by atoms with Gasteiger partial charge >= 0.3 is 0 Å². The van der Waals surface area contributed by atoms with Gasteiger partial charge < -0.3 is 5.32 Å². The number of nitrogens with one attached hydrogen (secondary N) is 3. The van der Waals surface area contributed by atoms with E-state index in [1.807, 2.05) is 61.5 Å². The summed E-state index contributed by atoms with van der Waals surface area (Å²) in [5.74, 6) is -0.476. The van der Waals surface area contributed by atoms with Crippen LogP contribution in [0.15, 0.2) is 54.6 Å². The molecule has 0 atom stereocenters. The van der Waals surface area contributed by atoms with Crippen molar-refractivity contribution in [3.05, 3.63) is 71.3 Å². The zero-order chi connectivity index (χ0) is 17.4. The van der Waals surface area contributed by atoms with Gasteiger partial charge in [0, 0.05) is 0 Å². The smallest absolute Gasteiger partial charge is 0.242 e. The molecule has 0 aliphatic carbocycles. The Morgan fingerprint density at radius 3 is 2.25 bits per heavy atom. The van der Waals surface area contributed by atoms with Crippen LogP contribution in [0.3, 0.4) is 0 Å². The number of hydrazine groups is 1. The highest BCUT2D eigenvalue weighted by Gasteiger charge is 2.08. The molecule has 0 aliphatic rings. The number of benzene rings is 2. The molecule has 2 rings (SSSR count). The fraction of sp³-hybridized carbons (Fsp3) is 0.167. The molecule has 0 unspecified atom stereocenters. The quantitative estimate of drug-likeness (QED) is 0.586. The third-order valence-corrected chi connectivity index (χ3v) is 3.59. The average Bonchev–Trinajstić information content (AvgIpc) is 2.56. The van der Waals surface area contributed by atoms with Crippen molar-refractivity contribution in [2.75, 3.05) is 0 Å². The minimum atomic E-state index is -0.239. The number of rotatable bonds is 4. The summed E-state index contributed by atoms with van der Waals surface area (Å²) in [5, 5.41) is 2.61. The normalized spacial score (nSPS) is 9.88. The standard InChI is InChI=1S/C18H19N3O2S/c1-13-7-5-6-10-15(13)12-16(22)19-18(24)21-20-17(23)11-14-8-3-2-4-9-14/h2-10H,11-12H2,1H3,(H,20,23)(H2,19,21,22,24). The van der Waals surface area contributed by atoms with Gasteiger partial charge in [0.05, 0.1) is 12.8 Å². The third kappa shape index (κ3) is 5.81. The molecule has 5 nitrogen and oxygen atoms in total. The number of hydrogen-bond acceptors (Lipinski definition) is 3. The molecule has 0 bridgehead atoms. The average molecular weight is 341 g/mol. The Labute approximate surface area is 146 Å². The van der Waals surface area contributed by atoms with Gasteiger partial charge in [-0.05, 0) is 35.8 Å². The molecule has 3 N–H and O–H groups in total. The number of aryl methyl sites for hydroxylation is 1. The van der Waals surface area contributed by atoms with Crippen molar-refractivity contribution in [3.63, 3.8) is 0 Å². The van der Waals surface area contributed by atoms with Crippen molar-refractivity contribution in [2.45, 2.75) is 19.8 Å². The summed E-state index contributed by atoms with van der Waals surface area (Å²) >= 11 is 5.00. The van der Waals surface area contributed by atoms with E-state index >= 15 is 0 Å². The summed E-state index contributed by atoms with van der Waals surface area (Å²) in [6, 6.07) is 17.0. The lowest BCUT2D eigenvalue weighted by Crippen LogP contribution is -2.49. The van der Waals surface area contributed by atoms with Crippen molar-refractivity contribution in [2.24, 2.45) is 0 Å². The molecule has 2 aromatic rings. The van der Waals surface area contributed by atoms with Crippen LogP contribution in [0.2, 0.25) is 0 Å². The summed E-state index contributed by atoms with van der Waals surface area (Å²) in [6.45, 7) is 1.95. The molecule has 0 heterocycles. The first-order chi connectivity index (χ1) is 11.5. The van der Waals surface area contributed by atoms with E-state index < -0.39 is 0 Å². The van der Waals surface area contributed by atoms with Crippen molar-refractivity contribution >= 4 is 29.1 Å². The molecule has 0 saturated carbocycles. The first-order valence-corrected chi connectivity index (χ1v) is 7.92. The Kier molecular flexibility index (Phi) is 6.45. The van der Waals surface area contributed by atoms with E-state index in [1.165, 1.54) is 0 Å². The number of hydrogen-bond donors (Lipinski definition) is 3. The maximum atomic E-state index is 12.0. The highest BCUT2D eigenvalue weighted by atomic mass is 32.1.